The number of halogens is 1. The molecule has 1 aromatic heterocycles. The number of hydrogen-bond donors (Lipinski definition) is 1. The van der Waals surface area contributed by atoms with Gasteiger partial charge in [0.25, 0.3) is 0 Å². The molecule has 0 saturated heterocycles. The largest absolute Gasteiger partial charge is 0.492 e. The lowest BCUT2D eigenvalue weighted by Crippen LogP contribution is -2.01. The van der Waals surface area contributed by atoms with Crippen LogP contribution in [0.1, 0.15) is 12.5 Å². The molecule has 0 atom stereocenters. The molecule has 2 rings (SSSR count). The third kappa shape index (κ3) is 3.48. The third-order valence-corrected chi connectivity index (χ3v) is 3.84. The van der Waals surface area contributed by atoms with Crippen LogP contribution in [0.25, 0.3) is 0 Å². The van der Waals surface area contributed by atoms with Crippen LogP contribution in [-0.2, 0) is 6.54 Å². The summed E-state index contributed by atoms with van der Waals surface area (Å²) in [4.78, 5) is 0. The Hall–Kier alpha value is -1.00. The van der Waals surface area contributed by atoms with E-state index in [9.17, 15) is 0 Å². The van der Waals surface area contributed by atoms with Gasteiger partial charge >= 0.3 is 0 Å². The molecule has 90 valence electrons. The molecule has 0 bridgehead atoms. The Morgan fingerprint density at radius 3 is 2.88 bits per heavy atom. The SMILES string of the molecule is CCOc1ccccc1NCc1csc(Br)c1. The summed E-state index contributed by atoms with van der Waals surface area (Å²) in [6.07, 6.45) is 0. The number of anilines is 1. The van der Waals surface area contributed by atoms with Crippen molar-refractivity contribution in [1.82, 2.24) is 0 Å². The number of thiophene rings is 1. The van der Waals surface area contributed by atoms with Crippen molar-refractivity contribution < 1.29 is 4.74 Å². The van der Waals surface area contributed by atoms with Crippen molar-refractivity contribution in [3.63, 3.8) is 0 Å². The van der Waals surface area contributed by atoms with Crippen molar-refractivity contribution in [3.05, 3.63) is 45.1 Å². The first-order chi connectivity index (χ1) is 8.29. The van der Waals surface area contributed by atoms with Crippen molar-refractivity contribution in [1.29, 1.82) is 0 Å². The number of hydrogen-bond acceptors (Lipinski definition) is 3. The molecule has 2 nitrogen and oxygen atoms in total. The van der Waals surface area contributed by atoms with Gasteiger partial charge in [-0.2, -0.15) is 0 Å². The maximum atomic E-state index is 5.56. The van der Waals surface area contributed by atoms with Crippen LogP contribution in [0.2, 0.25) is 0 Å². The fourth-order valence-corrected chi connectivity index (χ4v) is 2.74. The molecule has 0 aliphatic carbocycles. The summed E-state index contributed by atoms with van der Waals surface area (Å²) in [5.74, 6) is 0.907. The monoisotopic (exact) mass is 311 g/mol. The molecule has 0 fully saturated rings. The van der Waals surface area contributed by atoms with Gasteiger partial charge in [-0.05, 0) is 52.0 Å². The quantitative estimate of drug-likeness (QED) is 0.876. The summed E-state index contributed by atoms with van der Waals surface area (Å²) in [6, 6.07) is 10.1. The fourth-order valence-electron chi connectivity index (χ4n) is 1.53. The van der Waals surface area contributed by atoms with Crippen molar-refractivity contribution in [2.24, 2.45) is 0 Å². The molecular formula is C13H14BrNOS. The van der Waals surface area contributed by atoms with Gasteiger partial charge in [0, 0.05) is 6.54 Å². The molecule has 0 amide bonds. The van der Waals surface area contributed by atoms with Gasteiger partial charge in [-0.15, -0.1) is 11.3 Å². The van der Waals surface area contributed by atoms with Crippen molar-refractivity contribution in [2.45, 2.75) is 13.5 Å². The third-order valence-electron chi connectivity index (χ3n) is 2.29. The van der Waals surface area contributed by atoms with E-state index in [1.54, 1.807) is 11.3 Å². The standard InChI is InChI=1S/C13H14BrNOS/c1-2-16-12-6-4-3-5-11(12)15-8-10-7-13(14)17-9-10/h3-7,9,15H,2,8H2,1H3. The Kier molecular flexibility index (Phi) is 4.45. The second kappa shape index (κ2) is 6.07. The summed E-state index contributed by atoms with van der Waals surface area (Å²) in [7, 11) is 0. The predicted molar refractivity (Wildman–Crippen MR) is 77.0 cm³/mol. The maximum absolute atomic E-state index is 5.56. The van der Waals surface area contributed by atoms with E-state index in [0.717, 1.165) is 21.8 Å². The van der Waals surface area contributed by atoms with Crippen molar-refractivity contribution in [2.75, 3.05) is 11.9 Å². The zero-order chi connectivity index (χ0) is 12.1. The van der Waals surface area contributed by atoms with Gasteiger partial charge in [0.2, 0.25) is 0 Å². The highest BCUT2D eigenvalue weighted by molar-refractivity contribution is 9.11. The molecule has 1 aromatic carbocycles. The van der Waals surface area contributed by atoms with Gasteiger partial charge in [0.1, 0.15) is 5.75 Å². The lowest BCUT2D eigenvalue weighted by Gasteiger charge is -2.11. The van der Waals surface area contributed by atoms with Crippen LogP contribution in [0.15, 0.2) is 39.5 Å². The number of rotatable bonds is 5. The minimum atomic E-state index is 0.683. The van der Waals surface area contributed by atoms with E-state index in [1.165, 1.54) is 5.56 Å². The van der Waals surface area contributed by atoms with Crippen LogP contribution in [0.4, 0.5) is 5.69 Å². The molecule has 17 heavy (non-hydrogen) atoms. The van der Waals surface area contributed by atoms with Crippen LogP contribution in [0.5, 0.6) is 5.75 Å². The van der Waals surface area contributed by atoms with Crippen LogP contribution in [0, 0.1) is 0 Å². The van der Waals surface area contributed by atoms with Gasteiger partial charge in [-0.25, -0.2) is 0 Å². The molecule has 0 aliphatic heterocycles. The van der Waals surface area contributed by atoms with E-state index in [1.807, 2.05) is 31.2 Å². The Balaban J connectivity index is 2.03. The smallest absolute Gasteiger partial charge is 0.142 e. The fraction of sp³-hybridized carbons (Fsp3) is 0.231. The van der Waals surface area contributed by atoms with E-state index in [4.69, 9.17) is 4.74 Å². The minimum Gasteiger partial charge on any atom is -0.492 e. The highest BCUT2D eigenvalue weighted by atomic mass is 79.9. The lowest BCUT2D eigenvalue weighted by molar-refractivity contribution is 0.341. The zero-order valence-corrected chi connectivity index (χ0v) is 12.0. The number of nitrogens with one attached hydrogen (secondary N) is 1. The van der Waals surface area contributed by atoms with Gasteiger partial charge in [0.05, 0.1) is 16.1 Å². The Bertz CT molecular complexity index is 484. The minimum absolute atomic E-state index is 0.683. The first-order valence-electron chi connectivity index (χ1n) is 5.48. The Morgan fingerprint density at radius 1 is 1.35 bits per heavy atom. The zero-order valence-electron chi connectivity index (χ0n) is 9.57. The Morgan fingerprint density at radius 2 is 2.18 bits per heavy atom. The van der Waals surface area contributed by atoms with Crippen molar-refractivity contribution >= 4 is 33.0 Å². The van der Waals surface area contributed by atoms with E-state index >= 15 is 0 Å². The summed E-state index contributed by atoms with van der Waals surface area (Å²) in [5, 5.41) is 5.53. The molecule has 4 heteroatoms. The van der Waals surface area contributed by atoms with Crippen LogP contribution in [0.3, 0.4) is 0 Å². The first kappa shape index (κ1) is 12.5. The van der Waals surface area contributed by atoms with Crippen LogP contribution in [-0.4, -0.2) is 6.61 Å². The van der Waals surface area contributed by atoms with E-state index in [0.29, 0.717) is 6.61 Å². The number of benzene rings is 1. The first-order valence-corrected chi connectivity index (χ1v) is 7.15. The van der Waals surface area contributed by atoms with Gasteiger partial charge in [0.15, 0.2) is 0 Å². The maximum Gasteiger partial charge on any atom is 0.142 e. The van der Waals surface area contributed by atoms with Crippen molar-refractivity contribution in [3.8, 4) is 5.75 Å². The summed E-state index contributed by atoms with van der Waals surface area (Å²) in [6.45, 7) is 3.49. The number of para-hydroxylation sites is 2. The van der Waals surface area contributed by atoms with Gasteiger partial charge in [-0.3, -0.25) is 0 Å². The molecule has 1 heterocycles. The molecule has 0 unspecified atom stereocenters. The molecular weight excluding hydrogens is 298 g/mol. The van der Waals surface area contributed by atoms with Crippen LogP contribution >= 0.6 is 27.3 Å². The predicted octanol–water partition coefficient (Wildman–Crippen LogP) is 4.52. The second-order valence-corrected chi connectivity index (χ2v) is 5.83. The van der Waals surface area contributed by atoms with E-state index in [-0.39, 0.29) is 0 Å². The molecule has 0 saturated carbocycles. The highest BCUT2D eigenvalue weighted by Gasteiger charge is 2.02. The lowest BCUT2D eigenvalue weighted by atomic mass is 10.2. The molecule has 0 aliphatic rings. The summed E-state index contributed by atoms with van der Waals surface area (Å²) < 4.78 is 6.72. The number of ether oxygens (including phenoxy) is 1. The van der Waals surface area contributed by atoms with Gasteiger partial charge < -0.3 is 10.1 Å². The van der Waals surface area contributed by atoms with E-state index in [2.05, 4.69) is 32.7 Å². The van der Waals surface area contributed by atoms with Gasteiger partial charge in [-0.1, -0.05) is 12.1 Å². The average Bonchev–Trinajstić information content (AvgIpc) is 2.74. The Labute approximate surface area is 114 Å². The molecule has 0 spiro atoms. The second-order valence-electron chi connectivity index (χ2n) is 3.54. The topological polar surface area (TPSA) is 21.3 Å². The molecule has 1 N–H and O–H groups in total. The molecule has 2 aromatic rings. The van der Waals surface area contributed by atoms with E-state index < -0.39 is 0 Å². The average molecular weight is 312 g/mol. The molecule has 0 radical (unpaired) electrons. The summed E-state index contributed by atoms with van der Waals surface area (Å²) >= 11 is 5.16. The highest BCUT2D eigenvalue weighted by Crippen LogP contribution is 2.26. The van der Waals surface area contributed by atoms with Crippen LogP contribution < -0.4 is 10.1 Å². The normalized spacial score (nSPS) is 10.2. The summed E-state index contributed by atoms with van der Waals surface area (Å²) in [5.41, 5.74) is 2.31.